The Morgan fingerprint density at radius 3 is 3.00 bits per heavy atom. The highest BCUT2D eigenvalue weighted by molar-refractivity contribution is 5.11. The van der Waals surface area contributed by atoms with Crippen molar-refractivity contribution in [3.05, 3.63) is 29.6 Å². The second-order valence-electron chi connectivity index (χ2n) is 5.59. The molecule has 0 radical (unpaired) electrons. The van der Waals surface area contributed by atoms with Crippen LogP contribution in [0.4, 0.5) is 0 Å². The van der Waals surface area contributed by atoms with E-state index in [4.69, 9.17) is 0 Å². The molecule has 1 N–H and O–H groups in total. The molecule has 1 saturated heterocycles. The Labute approximate surface area is 97.5 Å². The Morgan fingerprint density at radius 1 is 1.44 bits per heavy atom. The molecule has 2 heterocycles. The van der Waals surface area contributed by atoms with E-state index in [2.05, 4.69) is 35.4 Å². The van der Waals surface area contributed by atoms with Gasteiger partial charge in [0.1, 0.15) is 0 Å². The Balaban J connectivity index is 1.53. The number of aryl methyl sites for hydroxylation is 2. The Hall–Kier alpha value is -0.890. The van der Waals surface area contributed by atoms with Gasteiger partial charge in [0.25, 0.3) is 0 Å². The highest BCUT2D eigenvalue weighted by Gasteiger charge is 2.47. The quantitative estimate of drug-likeness (QED) is 0.839. The van der Waals surface area contributed by atoms with Crippen LogP contribution in [0.25, 0.3) is 0 Å². The first kappa shape index (κ1) is 10.3. The minimum absolute atomic E-state index is 0.727. The van der Waals surface area contributed by atoms with Crippen LogP contribution in [-0.4, -0.2) is 17.6 Å². The third-order valence-electron chi connectivity index (χ3n) is 4.10. The van der Waals surface area contributed by atoms with Crippen molar-refractivity contribution < 1.29 is 0 Å². The average molecular weight is 216 g/mol. The van der Waals surface area contributed by atoms with Crippen LogP contribution in [-0.2, 0) is 6.42 Å². The standard InChI is InChI=1S/C14H20N2/c1-11-3-2-4-12(16-11)5-6-13-9-14(7-8-14)10-15-13/h2-4,13,15H,5-10H2,1H3/t13-/m1/s1. The molecule has 0 aromatic carbocycles. The first-order valence-corrected chi connectivity index (χ1v) is 6.42. The van der Waals surface area contributed by atoms with E-state index >= 15 is 0 Å². The number of pyridine rings is 1. The summed E-state index contributed by atoms with van der Waals surface area (Å²) >= 11 is 0. The van der Waals surface area contributed by atoms with Gasteiger partial charge in [-0.15, -0.1) is 0 Å². The van der Waals surface area contributed by atoms with Crippen molar-refractivity contribution in [2.75, 3.05) is 6.54 Å². The zero-order valence-corrected chi connectivity index (χ0v) is 10.00. The maximum atomic E-state index is 4.56. The first-order valence-electron chi connectivity index (χ1n) is 6.42. The third-order valence-corrected chi connectivity index (χ3v) is 4.10. The molecule has 1 saturated carbocycles. The zero-order valence-electron chi connectivity index (χ0n) is 10.00. The summed E-state index contributed by atoms with van der Waals surface area (Å²) in [5.74, 6) is 0. The fraction of sp³-hybridized carbons (Fsp3) is 0.643. The number of aromatic nitrogens is 1. The van der Waals surface area contributed by atoms with Crippen molar-refractivity contribution in [3.8, 4) is 0 Å². The fourth-order valence-electron chi connectivity index (χ4n) is 2.85. The SMILES string of the molecule is Cc1cccc(CC[C@@H]2CC3(CC3)CN2)n1. The van der Waals surface area contributed by atoms with E-state index < -0.39 is 0 Å². The molecule has 86 valence electrons. The number of rotatable bonds is 3. The van der Waals surface area contributed by atoms with Crippen molar-refractivity contribution in [1.82, 2.24) is 10.3 Å². The van der Waals surface area contributed by atoms with E-state index in [9.17, 15) is 0 Å². The third kappa shape index (κ3) is 2.12. The van der Waals surface area contributed by atoms with Crippen LogP contribution in [0.5, 0.6) is 0 Å². The fourth-order valence-corrected chi connectivity index (χ4v) is 2.85. The van der Waals surface area contributed by atoms with Gasteiger partial charge in [-0.2, -0.15) is 0 Å². The minimum atomic E-state index is 0.727. The maximum Gasteiger partial charge on any atom is 0.0407 e. The predicted molar refractivity (Wildman–Crippen MR) is 65.4 cm³/mol. The molecule has 2 aliphatic rings. The van der Waals surface area contributed by atoms with Crippen LogP contribution < -0.4 is 5.32 Å². The van der Waals surface area contributed by atoms with Crippen molar-refractivity contribution >= 4 is 0 Å². The van der Waals surface area contributed by atoms with Crippen LogP contribution in [0.3, 0.4) is 0 Å². The normalized spacial score (nSPS) is 26.2. The van der Waals surface area contributed by atoms with Gasteiger partial charge in [0.2, 0.25) is 0 Å². The van der Waals surface area contributed by atoms with E-state index in [-0.39, 0.29) is 0 Å². The molecule has 1 atom stereocenters. The Morgan fingerprint density at radius 2 is 2.31 bits per heavy atom. The zero-order chi connectivity index (χ0) is 11.0. The molecule has 1 aromatic rings. The molecule has 0 unspecified atom stereocenters. The molecular weight excluding hydrogens is 196 g/mol. The maximum absolute atomic E-state index is 4.56. The molecule has 2 heteroatoms. The largest absolute Gasteiger partial charge is 0.313 e. The topological polar surface area (TPSA) is 24.9 Å². The summed E-state index contributed by atoms with van der Waals surface area (Å²) in [5, 5.41) is 3.67. The van der Waals surface area contributed by atoms with E-state index in [0.29, 0.717) is 0 Å². The second kappa shape index (κ2) is 3.85. The summed E-state index contributed by atoms with van der Waals surface area (Å²) in [6.45, 7) is 3.33. The molecule has 1 aliphatic heterocycles. The Kier molecular flexibility index (Phi) is 2.47. The molecule has 0 bridgehead atoms. The predicted octanol–water partition coefficient (Wildman–Crippen LogP) is 2.46. The van der Waals surface area contributed by atoms with Crippen molar-refractivity contribution in [2.24, 2.45) is 5.41 Å². The van der Waals surface area contributed by atoms with Gasteiger partial charge < -0.3 is 5.32 Å². The molecule has 2 fully saturated rings. The molecule has 1 spiro atoms. The van der Waals surface area contributed by atoms with Crippen LogP contribution in [0.1, 0.15) is 37.1 Å². The van der Waals surface area contributed by atoms with Crippen LogP contribution >= 0.6 is 0 Å². The van der Waals surface area contributed by atoms with Crippen molar-refractivity contribution in [2.45, 2.75) is 45.1 Å². The molecule has 2 nitrogen and oxygen atoms in total. The molecule has 1 aromatic heterocycles. The van der Waals surface area contributed by atoms with Gasteiger partial charge in [-0.25, -0.2) is 0 Å². The lowest BCUT2D eigenvalue weighted by molar-refractivity contribution is 0.517. The summed E-state index contributed by atoms with van der Waals surface area (Å²) in [4.78, 5) is 4.56. The lowest BCUT2D eigenvalue weighted by atomic mass is 10.00. The van der Waals surface area contributed by atoms with Gasteiger partial charge in [0.05, 0.1) is 0 Å². The van der Waals surface area contributed by atoms with E-state index in [1.807, 2.05) is 0 Å². The van der Waals surface area contributed by atoms with Gasteiger partial charge in [-0.3, -0.25) is 4.98 Å². The van der Waals surface area contributed by atoms with Crippen LogP contribution in [0.15, 0.2) is 18.2 Å². The van der Waals surface area contributed by atoms with E-state index in [0.717, 1.165) is 23.6 Å². The van der Waals surface area contributed by atoms with Gasteiger partial charge in [0, 0.05) is 24.0 Å². The molecule has 0 amide bonds. The van der Waals surface area contributed by atoms with Gasteiger partial charge >= 0.3 is 0 Å². The summed E-state index contributed by atoms with van der Waals surface area (Å²) in [5.41, 5.74) is 3.11. The number of hydrogen-bond acceptors (Lipinski definition) is 2. The summed E-state index contributed by atoms with van der Waals surface area (Å²) in [6, 6.07) is 7.07. The highest BCUT2D eigenvalue weighted by atomic mass is 15.0. The summed E-state index contributed by atoms with van der Waals surface area (Å²) in [6.07, 6.45) is 6.69. The second-order valence-corrected chi connectivity index (χ2v) is 5.59. The van der Waals surface area contributed by atoms with Crippen LogP contribution in [0.2, 0.25) is 0 Å². The van der Waals surface area contributed by atoms with Gasteiger partial charge in [0.15, 0.2) is 0 Å². The minimum Gasteiger partial charge on any atom is -0.313 e. The molecule has 1 aliphatic carbocycles. The first-order chi connectivity index (χ1) is 7.76. The average Bonchev–Trinajstić information content (AvgIpc) is 2.88. The molecule has 16 heavy (non-hydrogen) atoms. The number of nitrogens with zero attached hydrogens (tertiary/aromatic N) is 1. The number of hydrogen-bond donors (Lipinski definition) is 1. The van der Waals surface area contributed by atoms with Crippen LogP contribution in [0, 0.1) is 12.3 Å². The van der Waals surface area contributed by atoms with Gasteiger partial charge in [-0.05, 0) is 56.6 Å². The molecule has 3 rings (SSSR count). The van der Waals surface area contributed by atoms with E-state index in [1.54, 1.807) is 0 Å². The highest BCUT2D eigenvalue weighted by Crippen LogP contribution is 2.52. The van der Waals surface area contributed by atoms with Crippen molar-refractivity contribution in [3.63, 3.8) is 0 Å². The lowest BCUT2D eigenvalue weighted by Crippen LogP contribution is -2.22. The monoisotopic (exact) mass is 216 g/mol. The smallest absolute Gasteiger partial charge is 0.0407 e. The molecular formula is C14H20N2. The Bertz CT molecular complexity index is 382. The van der Waals surface area contributed by atoms with Crippen molar-refractivity contribution in [1.29, 1.82) is 0 Å². The number of nitrogens with one attached hydrogen (secondary N) is 1. The van der Waals surface area contributed by atoms with Gasteiger partial charge in [-0.1, -0.05) is 6.07 Å². The van der Waals surface area contributed by atoms with E-state index in [1.165, 1.54) is 37.9 Å². The lowest BCUT2D eigenvalue weighted by Gasteiger charge is -2.09. The summed E-state index contributed by atoms with van der Waals surface area (Å²) < 4.78 is 0. The summed E-state index contributed by atoms with van der Waals surface area (Å²) in [7, 11) is 0.